The molecule has 0 bridgehead atoms. The summed E-state index contributed by atoms with van der Waals surface area (Å²) < 4.78 is 24.8. The van der Waals surface area contributed by atoms with E-state index in [0.29, 0.717) is 0 Å². The summed E-state index contributed by atoms with van der Waals surface area (Å²) >= 11 is 0. The lowest BCUT2D eigenvalue weighted by Crippen LogP contribution is -2.38. The smallest absolute Gasteiger partial charge is 0.263 e. The van der Waals surface area contributed by atoms with Gasteiger partial charge in [0.25, 0.3) is 6.43 Å². The Hall–Kier alpha value is -0.960. The van der Waals surface area contributed by atoms with E-state index in [1.165, 1.54) is 18.6 Å². The summed E-state index contributed by atoms with van der Waals surface area (Å²) in [6.07, 6.45) is 3.02. The molecule has 1 aliphatic carbocycles. The zero-order valence-electron chi connectivity index (χ0n) is 9.26. The molecule has 2 N–H and O–H groups in total. The standard InChI is InChI=1S/C13H17F2N/c14-12(15)10-4-6-11(7-5-10)13(16)8-2-1-3-9-13/h4-7,12H,1-3,8-9,16H2. The van der Waals surface area contributed by atoms with E-state index < -0.39 is 6.43 Å². The maximum Gasteiger partial charge on any atom is 0.263 e. The van der Waals surface area contributed by atoms with Crippen LogP contribution in [0.2, 0.25) is 0 Å². The van der Waals surface area contributed by atoms with Gasteiger partial charge in [-0.2, -0.15) is 0 Å². The van der Waals surface area contributed by atoms with Gasteiger partial charge in [-0.1, -0.05) is 43.5 Å². The van der Waals surface area contributed by atoms with Crippen LogP contribution < -0.4 is 5.73 Å². The summed E-state index contributed by atoms with van der Waals surface area (Å²) in [7, 11) is 0. The molecule has 0 radical (unpaired) electrons. The van der Waals surface area contributed by atoms with Crippen LogP contribution in [0.4, 0.5) is 8.78 Å². The second-order valence-electron chi connectivity index (χ2n) is 4.64. The molecule has 0 spiro atoms. The maximum atomic E-state index is 12.4. The van der Waals surface area contributed by atoms with Gasteiger partial charge in [0.05, 0.1) is 0 Å². The normalized spacial score (nSPS) is 20.0. The van der Waals surface area contributed by atoms with Crippen molar-refractivity contribution in [1.82, 2.24) is 0 Å². The lowest BCUT2D eigenvalue weighted by Gasteiger charge is -2.34. The van der Waals surface area contributed by atoms with Gasteiger partial charge < -0.3 is 5.73 Å². The molecule has 16 heavy (non-hydrogen) atoms. The van der Waals surface area contributed by atoms with Gasteiger partial charge >= 0.3 is 0 Å². The van der Waals surface area contributed by atoms with Crippen molar-refractivity contribution in [2.24, 2.45) is 5.73 Å². The number of nitrogens with two attached hydrogens (primary N) is 1. The topological polar surface area (TPSA) is 26.0 Å². The third-order valence-corrected chi connectivity index (χ3v) is 3.48. The fourth-order valence-electron chi connectivity index (χ4n) is 2.43. The second-order valence-corrected chi connectivity index (χ2v) is 4.64. The minimum Gasteiger partial charge on any atom is -0.321 e. The molecule has 3 heteroatoms. The first-order valence-electron chi connectivity index (χ1n) is 5.79. The predicted octanol–water partition coefficient (Wildman–Crippen LogP) is 3.74. The number of hydrogen-bond acceptors (Lipinski definition) is 1. The number of benzene rings is 1. The molecule has 0 aliphatic heterocycles. The summed E-state index contributed by atoms with van der Waals surface area (Å²) in [4.78, 5) is 0. The average molecular weight is 225 g/mol. The highest BCUT2D eigenvalue weighted by molar-refractivity contribution is 5.29. The van der Waals surface area contributed by atoms with E-state index in [9.17, 15) is 8.78 Å². The minimum absolute atomic E-state index is 0.0724. The first-order valence-corrected chi connectivity index (χ1v) is 5.79. The summed E-state index contributed by atoms with van der Waals surface area (Å²) in [5.74, 6) is 0. The summed E-state index contributed by atoms with van der Waals surface area (Å²) in [6.45, 7) is 0. The Kier molecular flexibility index (Phi) is 3.24. The van der Waals surface area contributed by atoms with Crippen LogP contribution in [-0.4, -0.2) is 0 Å². The minimum atomic E-state index is -2.39. The Morgan fingerprint density at radius 1 is 1.00 bits per heavy atom. The van der Waals surface area contributed by atoms with Crippen LogP contribution in [0, 0.1) is 0 Å². The maximum absolute atomic E-state index is 12.4. The van der Waals surface area contributed by atoms with Crippen LogP contribution in [-0.2, 0) is 5.54 Å². The third kappa shape index (κ3) is 2.24. The molecule has 1 fully saturated rings. The molecule has 0 aromatic heterocycles. The van der Waals surface area contributed by atoms with Crippen molar-refractivity contribution in [2.75, 3.05) is 0 Å². The van der Waals surface area contributed by atoms with Crippen LogP contribution in [0.3, 0.4) is 0 Å². The molecule has 1 aromatic rings. The van der Waals surface area contributed by atoms with Crippen LogP contribution in [0.5, 0.6) is 0 Å². The second kappa shape index (κ2) is 4.50. The van der Waals surface area contributed by atoms with E-state index in [4.69, 9.17) is 5.73 Å². The predicted molar refractivity (Wildman–Crippen MR) is 60.3 cm³/mol. The van der Waals surface area contributed by atoms with Gasteiger partial charge in [0.15, 0.2) is 0 Å². The molecular formula is C13H17F2N. The Labute approximate surface area is 94.7 Å². The lowest BCUT2D eigenvalue weighted by molar-refractivity contribution is 0.151. The van der Waals surface area contributed by atoms with Crippen molar-refractivity contribution in [3.63, 3.8) is 0 Å². The fourth-order valence-corrected chi connectivity index (χ4v) is 2.43. The molecule has 88 valence electrons. The van der Waals surface area contributed by atoms with E-state index in [2.05, 4.69) is 0 Å². The van der Waals surface area contributed by atoms with Crippen LogP contribution in [0.1, 0.15) is 49.7 Å². The number of alkyl halides is 2. The van der Waals surface area contributed by atoms with Crippen LogP contribution >= 0.6 is 0 Å². The monoisotopic (exact) mass is 225 g/mol. The van der Waals surface area contributed by atoms with Gasteiger partial charge in [-0.25, -0.2) is 8.78 Å². The van der Waals surface area contributed by atoms with Crippen molar-refractivity contribution in [3.8, 4) is 0 Å². The molecule has 1 saturated carbocycles. The molecular weight excluding hydrogens is 208 g/mol. The lowest BCUT2D eigenvalue weighted by atomic mass is 9.77. The summed E-state index contributed by atoms with van der Waals surface area (Å²) in [5.41, 5.74) is 7.10. The van der Waals surface area contributed by atoms with Gasteiger partial charge in [-0.15, -0.1) is 0 Å². The third-order valence-electron chi connectivity index (χ3n) is 3.48. The molecule has 0 atom stereocenters. The molecule has 0 saturated heterocycles. The number of rotatable bonds is 2. The highest BCUT2D eigenvalue weighted by Gasteiger charge is 2.29. The van der Waals surface area contributed by atoms with Crippen molar-refractivity contribution >= 4 is 0 Å². The van der Waals surface area contributed by atoms with Crippen molar-refractivity contribution in [3.05, 3.63) is 35.4 Å². The molecule has 1 aromatic carbocycles. The molecule has 0 heterocycles. The zero-order chi connectivity index (χ0) is 11.6. The SMILES string of the molecule is NC1(c2ccc(C(F)F)cc2)CCCCC1. The summed E-state index contributed by atoms with van der Waals surface area (Å²) in [6, 6.07) is 6.49. The molecule has 0 unspecified atom stereocenters. The Balaban J connectivity index is 2.20. The van der Waals surface area contributed by atoms with E-state index in [1.807, 2.05) is 0 Å². The van der Waals surface area contributed by atoms with Gasteiger partial charge in [-0.3, -0.25) is 0 Å². The zero-order valence-corrected chi connectivity index (χ0v) is 9.26. The highest BCUT2D eigenvalue weighted by atomic mass is 19.3. The van der Waals surface area contributed by atoms with E-state index in [0.717, 1.165) is 31.2 Å². The Morgan fingerprint density at radius 2 is 1.56 bits per heavy atom. The first-order chi connectivity index (χ1) is 7.62. The quantitative estimate of drug-likeness (QED) is 0.815. The average Bonchev–Trinajstić information content (AvgIpc) is 2.30. The molecule has 0 amide bonds. The van der Waals surface area contributed by atoms with Crippen molar-refractivity contribution < 1.29 is 8.78 Å². The molecule has 1 nitrogen and oxygen atoms in total. The van der Waals surface area contributed by atoms with Gasteiger partial charge in [-0.05, 0) is 18.4 Å². The van der Waals surface area contributed by atoms with E-state index in [1.54, 1.807) is 12.1 Å². The van der Waals surface area contributed by atoms with Crippen LogP contribution in [0.25, 0.3) is 0 Å². The Bertz CT molecular complexity index is 339. The molecule has 1 aliphatic rings. The van der Waals surface area contributed by atoms with Crippen molar-refractivity contribution in [1.29, 1.82) is 0 Å². The van der Waals surface area contributed by atoms with Gasteiger partial charge in [0.2, 0.25) is 0 Å². The first kappa shape index (κ1) is 11.5. The van der Waals surface area contributed by atoms with E-state index >= 15 is 0 Å². The van der Waals surface area contributed by atoms with E-state index in [-0.39, 0.29) is 11.1 Å². The largest absolute Gasteiger partial charge is 0.321 e. The van der Waals surface area contributed by atoms with Gasteiger partial charge in [0.1, 0.15) is 0 Å². The highest BCUT2D eigenvalue weighted by Crippen LogP contribution is 2.35. The fraction of sp³-hybridized carbons (Fsp3) is 0.538. The summed E-state index contributed by atoms with van der Waals surface area (Å²) in [5, 5.41) is 0. The number of hydrogen-bond donors (Lipinski definition) is 1. The van der Waals surface area contributed by atoms with Crippen molar-refractivity contribution in [2.45, 2.75) is 44.1 Å². The Morgan fingerprint density at radius 3 is 2.06 bits per heavy atom. The van der Waals surface area contributed by atoms with Gasteiger partial charge in [0, 0.05) is 11.1 Å². The molecule has 2 rings (SSSR count). The number of halogens is 2. The van der Waals surface area contributed by atoms with Crippen LogP contribution in [0.15, 0.2) is 24.3 Å².